The first kappa shape index (κ1) is 20.9. The van der Waals surface area contributed by atoms with E-state index in [0.29, 0.717) is 37.1 Å². The lowest BCUT2D eigenvalue weighted by Crippen LogP contribution is -2.37. The molecule has 1 aromatic heterocycles. The van der Waals surface area contributed by atoms with E-state index in [1.807, 2.05) is 12.1 Å². The van der Waals surface area contributed by atoms with Crippen LogP contribution in [0.4, 0.5) is 0 Å². The van der Waals surface area contributed by atoms with Crippen molar-refractivity contribution in [2.75, 3.05) is 12.9 Å². The SMILES string of the molecule is CS(=O)(=O)N[C@H]1CC[C@]2(COC3CCC(CC3)c3ccccc3OCc3noc2n3)C1. The topological polar surface area (TPSA) is 104 Å². The molecule has 2 aliphatic carbocycles. The van der Waals surface area contributed by atoms with E-state index in [1.165, 1.54) is 11.8 Å². The number of fused-ring (bicyclic) bond motifs is 4. The van der Waals surface area contributed by atoms with Crippen molar-refractivity contribution in [1.82, 2.24) is 14.9 Å². The third-order valence-electron chi connectivity index (χ3n) is 6.90. The van der Waals surface area contributed by atoms with Crippen molar-refractivity contribution < 1.29 is 22.4 Å². The minimum absolute atomic E-state index is 0.160. The van der Waals surface area contributed by atoms with Crippen molar-refractivity contribution in [3.63, 3.8) is 0 Å². The fraction of sp³-hybridized carbons (Fsp3) is 0.636. The Labute approximate surface area is 182 Å². The van der Waals surface area contributed by atoms with Gasteiger partial charge in [-0.25, -0.2) is 13.1 Å². The highest BCUT2D eigenvalue weighted by atomic mass is 32.2. The fourth-order valence-electron chi connectivity index (χ4n) is 5.35. The van der Waals surface area contributed by atoms with Crippen LogP contribution in [-0.2, 0) is 26.8 Å². The van der Waals surface area contributed by atoms with E-state index in [2.05, 4.69) is 27.0 Å². The molecule has 3 heterocycles. The first-order valence-corrected chi connectivity index (χ1v) is 12.9. The first-order chi connectivity index (χ1) is 14.9. The Morgan fingerprint density at radius 1 is 1.13 bits per heavy atom. The standard InChI is InChI=1S/C22H29N3O5S/c1-31(26,27)25-16-10-11-22(12-16)14-29-17-8-6-15(7-9-17)18-4-2-3-5-19(18)28-13-20-23-21(22)30-24-20/h2-5,15-17,25H,6-14H2,1H3/t15?,16-,17?,22+/m0/s1. The van der Waals surface area contributed by atoms with Crippen molar-refractivity contribution in [2.24, 2.45) is 0 Å². The zero-order valence-corrected chi connectivity index (χ0v) is 18.6. The molecular weight excluding hydrogens is 418 g/mol. The highest BCUT2D eigenvalue weighted by Crippen LogP contribution is 2.43. The van der Waals surface area contributed by atoms with E-state index in [1.54, 1.807) is 0 Å². The summed E-state index contributed by atoms with van der Waals surface area (Å²) in [4.78, 5) is 4.64. The number of rotatable bonds is 2. The van der Waals surface area contributed by atoms with E-state index >= 15 is 0 Å². The van der Waals surface area contributed by atoms with E-state index in [4.69, 9.17) is 14.0 Å². The molecule has 1 spiro atoms. The van der Waals surface area contributed by atoms with Gasteiger partial charge in [-0.3, -0.25) is 0 Å². The van der Waals surface area contributed by atoms with Crippen LogP contribution in [0.1, 0.15) is 68.1 Å². The molecule has 2 atom stereocenters. The van der Waals surface area contributed by atoms with Gasteiger partial charge in [-0.05, 0) is 62.5 Å². The van der Waals surface area contributed by atoms with Gasteiger partial charge in [0.05, 0.1) is 24.4 Å². The van der Waals surface area contributed by atoms with Gasteiger partial charge in [-0.15, -0.1) is 0 Å². The molecule has 1 aromatic carbocycles. The maximum absolute atomic E-state index is 11.8. The van der Waals surface area contributed by atoms with Gasteiger partial charge in [0.15, 0.2) is 6.61 Å². The Bertz CT molecular complexity index is 1030. The Hall–Kier alpha value is -1.97. The van der Waals surface area contributed by atoms with Crippen LogP contribution in [-0.4, -0.2) is 43.6 Å². The number of aromatic nitrogens is 2. The van der Waals surface area contributed by atoms with Gasteiger partial charge in [0.1, 0.15) is 5.75 Å². The lowest BCUT2D eigenvalue weighted by Gasteiger charge is -2.33. The lowest BCUT2D eigenvalue weighted by atomic mass is 9.82. The number of para-hydroxylation sites is 1. The number of ether oxygens (including phenoxy) is 2. The van der Waals surface area contributed by atoms with Crippen LogP contribution < -0.4 is 9.46 Å². The van der Waals surface area contributed by atoms with Gasteiger partial charge in [0.25, 0.3) is 0 Å². The third kappa shape index (κ3) is 4.49. The third-order valence-corrected chi connectivity index (χ3v) is 7.66. The number of nitrogens with one attached hydrogen (secondary N) is 1. The summed E-state index contributed by atoms with van der Waals surface area (Å²) in [7, 11) is -3.28. The number of hydrogen-bond donors (Lipinski definition) is 1. The summed E-state index contributed by atoms with van der Waals surface area (Å²) in [5.41, 5.74) is 0.760. The Balaban J connectivity index is 1.44. The minimum Gasteiger partial charge on any atom is -0.485 e. The van der Waals surface area contributed by atoms with E-state index in [-0.39, 0.29) is 18.8 Å². The predicted octanol–water partition coefficient (Wildman–Crippen LogP) is 3.04. The second-order valence-electron chi connectivity index (χ2n) is 9.24. The Morgan fingerprint density at radius 2 is 1.94 bits per heavy atom. The summed E-state index contributed by atoms with van der Waals surface area (Å²) < 4.78 is 44.4. The van der Waals surface area contributed by atoms with Crippen LogP contribution >= 0.6 is 0 Å². The summed E-state index contributed by atoms with van der Waals surface area (Å²) in [6.45, 7) is 0.696. The zero-order chi connectivity index (χ0) is 21.5. The molecule has 6 rings (SSSR count). The van der Waals surface area contributed by atoms with Crippen molar-refractivity contribution in [2.45, 2.75) is 75.0 Å². The molecule has 8 nitrogen and oxygen atoms in total. The Morgan fingerprint density at radius 3 is 2.74 bits per heavy atom. The monoisotopic (exact) mass is 447 g/mol. The molecule has 0 saturated heterocycles. The quantitative estimate of drug-likeness (QED) is 0.755. The van der Waals surface area contributed by atoms with E-state index in [0.717, 1.165) is 37.9 Å². The normalized spacial score (nSPS) is 31.2. The molecule has 168 valence electrons. The van der Waals surface area contributed by atoms with Gasteiger partial charge in [0.2, 0.25) is 21.7 Å². The predicted molar refractivity (Wildman–Crippen MR) is 113 cm³/mol. The zero-order valence-electron chi connectivity index (χ0n) is 17.7. The van der Waals surface area contributed by atoms with E-state index < -0.39 is 15.4 Å². The highest BCUT2D eigenvalue weighted by molar-refractivity contribution is 7.88. The molecule has 1 N–H and O–H groups in total. The number of nitrogens with zero attached hydrogens (tertiary/aromatic N) is 2. The number of sulfonamides is 1. The van der Waals surface area contributed by atoms with Crippen LogP contribution in [0, 0.1) is 0 Å². The van der Waals surface area contributed by atoms with Crippen molar-refractivity contribution in [3.8, 4) is 5.75 Å². The number of benzene rings is 1. The number of hydrogen-bond acceptors (Lipinski definition) is 7. The molecule has 4 aliphatic rings. The van der Waals surface area contributed by atoms with Crippen LogP contribution in [0.2, 0.25) is 0 Å². The van der Waals surface area contributed by atoms with Gasteiger partial charge < -0.3 is 14.0 Å². The van der Waals surface area contributed by atoms with Crippen molar-refractivity contribution in [1.29, 1.82) is 0 Å². The molecule has 2 fully saturated rings. The first-order valence-electron chi connectivity index (χ1n) is 11.0. The maximum Gasteiger partial charge on any atom is 0.235 e. The summed E-state index contributed by atoms with van der Waals surface area (Å²) in [5, 5.41) is 4.15. The highest BCUT2D eigenvalue weighted by Gasteiger charge is 2.46. The van der Waals surface area contributed by atoms with Crippen LogP contribution in [0.15, 0.2) is 28.8 Å². The van der Waals surface area contributed by atoms with Crippen LogP contribution in [0.25, 0.3) is 0 Å². The molecule has 0 radical (unpaired) electrons. The summed E-state index contributed by atoms with van der Waals surface area (Å²) >= 11 is 0. The lowest BCUT2D eigenvalue weighted by molar-refractivity contribution is -0.0113. The molecule has 0 unspecified atom stereocenters. The minimum atomic E-state index is -3.28. The molecule has 31 heavy (non-hydrogen) atoms. The van der Waals surface area contributed by atoms with Crippen molar-refractivity contribution >= 4 is 10.0 Å². The average molecular weight is 448 g/mol. The molecular formula is C22H29N3O5S. The fourth-order valence-corrected chi connectivity index (χ4v) is 6.16. The molecule has 2 aromatic rings. The average Bonchev–Trinajstić information content (AvgIpc) is 3.38. The molecule has 2 aliphatic heterocycles. The Kier molecular flexibility index (Phi) is 5.52. The molecule has 2 saturated carbocycles. The maximum atomic E-state index is 11.8. The molecule has 9 heteroatoms. The second-order valence-corrected chi connectivity index (χ2v) is 11.0. The van der Waals surface area contributed by atoms with Gasteiger partial charge >= 0.3 is 0 Å². The van der Waals surface area contributed by atoms with Crippen LogP contribution in [0.5, 0.6) is 5.75 Å². The summed E-state index contributed by atoms with van der Waals surface area (Å²) in [6, 6.07) is 8.04. The van der Waals surface area contributed by atoms with Gasteiger partial charge in [-0.1, -0.05) is 23.4 Å². The molecule has 0 amide bonds. The van der Waals surface area contributed by atoms with Crippen LogP contribution in [0.3, 0.4) is 0 Å². The van der Waals surface area contributed by atoms with Gasteiger partial charge in [0, 0.05) is 6.04 Å². The van der Waals surface area contributed by atoms with Crippen molar-refractivity contribution in [3.05, 3.63) is 41.5 Å². The second kappa shape index (κ2) is 8.18. The van der Waals surface area contributed by atoms with E-state index in [9.17, 15) is 8.42 Å². The largest absolute Gasteiger partial charge is 0.485 e. The smallest absolute Gasteiger partial charge is 0.235 e. The van der Waals surface area contributed by atoms with Gasteiger partial charge in [-0.2, -0.15) is 4.98 Å². The molecule has 4 bridgehead atoms. The summed E-state index contributed by atoms with van der Waals surface area (Å²) in [6.07, 6.45) is 7.54. The summed E-state index contributed by atoms with van der Waals surface area (Å²) in [5.74, 6) is 2.35.